The van der Waals surface area contributed by atoms with E-state index in [1.54, 1.807) is 0 Å². The molecule has 1 aliphatic heterocycles. The summed E-state index contributed by atoms with van der Waals surface area (Å²) in [6.07, 6.45) is 2.20. The van der Waals surface area contributed by atoms with Crippen molar-refractivity contribution < 1.29 is 14.3 Å². The number of carbonyl (C=O) groups is 2. The predicted molar refractivity (Wildman–Crippen MR) is 82.1 cm³/mol. The molecule has 1 saturated heterocycles. The molecule has 1 heterocycles. The van der Waals surface area contributed by atoms with Gasteiger partial charge in [0.2, 0.25) is 5.91 Å². The van der Waals surface area contributed by atoms with Gasteiger partial charge in [-0.25, -0.2) is 4.79 Å². The number of hydrogen-bond donors (Lipinski definition) is 2. The number of alkyl carbamates (subject to hydrolysis) is 1. The van der Waals surface area contributed by atoms with Gasteiger partial charge in [0.15, 0.2) is 0 Å². The van der Waals surface area contributed by atoms with E-state index in [2.05, 4.69) is 17.6 Å². The number of rotatable bonds is 5. The first-order valence-corrected chi connectivity index (χ1v) is 7.80. The van der Waals surface area contributed by atoms with Crippen molar-refractivity contribution in [3.63, 3.8) is 0 Å². The number of hydrogen-bond acceptors (Lipinski definition) is 4. The Morgan fingerprint density at radius 2 is 1.86 bits per heavy atom. The normalized spacial score (nSPS) is 16.7. The molecule has 2 N–H and O–H groups in total. The maximum atomic E-state index is 11.9. The van der Waals surface area contributed by atoms with Gasteiger partial charge < -0.3 is 20.3 Å². The van der Waals surface area contributed by atoms with Crippen LogP contribution >= 0.6 is 0 Å². The Morgan fingerprint density at radius 3 is 2.38 bits per heavy atom. The van der Waals surface area contributed by atoms with Crippen LogP contribution in [0.1, 0.15) is 47.0 Å². The Hall–Kier alpha value is -1.30. The quantitative estimate of drug-likeness (QED) is 0.755. The molecule has 0 unspecified atom stereocenters. The fourth-order valence-electron chi connectivity index (χ4n) is 2.23. The van der Waals surface area contributed by atoms with Crippen LogP contribution in [0.15, 0.2) is 0 Å². The molecule has 1 rings (SSSR count). The van der Waals surface area contributed by atoms with Crippen LogP contribution in [-0.2, 0) is 9.53 Å². The molecule has 0 aromatic heterocycles. The van der Waals surface area contributed by atoms with Crippen molar-refractivity contribution in [2.45, 2.75) is 58.6 Å². The average molecular weight is 299 g/mol. The van der Waals surface area contributed by atoms with Gasteiger partial charge in [-0.3, -0.25) is 4.79 Å². The Kier molecular flexibility index (Phi) is 6.95. The molecule has 0 radical (unpaired) electrons. The highest BCUT2D eigenvalue weighted by atomic mass is 16.6. The third-order valence-corrected chi connectivity index (χ3v) is 3.27. The predicted octanol–water partition coefficient (Wildman–Crippen LogP) is 1.50. The number of nitrogens with one attached hydrogen (secondary N) is 2. The van der Waals surface area contributed by atoms with Gasteiger partial charge in [-0.2, -0.15) is 0 Å². The largest absolute Gasteiger partial charge is 0.444 e. The zero-order valence-electron chi connectivity index (χ0n) is 13.7. The molecular formula is C15H29N3O3. The van der Waals surface area contributed by atoms with Crippen molar-refractivity contribution >= 4 is 12.0 Å². The van der Waals surface area contributed by atoms with Crippen LogP contribution in [0.5, 0.6) is 0 Å². The van der Waals surface area contributed by atoms with Gasteiger partial charge >= 0.3 is 6.09 Å². The average Bonchev–Trinajstić information content (AvgIpc) is 2.37. The van der Waals surface area contributed by atoms with Crippen LogP contribution < -0.4 is 10.6 Å². The van der Waals surface area contributed by atoms with Gasteiger partial charge in [0, 0.05) is 19.1 Å². The van der Waals surface area contributed by atoms with E-state index in [4.69, 9.17) is 4.74 Å². The number of nitrogens with zero attached hydrogens (tertiary/aromatic N) is 1. The fourth-order valence-corrected chi connectivity index (χ4v) is 2.23. The molecule has 1 aliphatic rings. The van der Waals surface area contributed by atoms with Crippen molar-refractivity contribution in [3.8, 4) is 0 Å². The van der Waals surface area contributed by atoms with Crippen LogP contribution in [-0.4, -0.2) is 54.7 Å². The van der Waals surface area contributed by atoms with E-state index in [-0.39, 0.29) is 18.0 Å². The van der Waals surface area contributed by atoms with Crippen molar-refractivity contribution in [1.29, 1.82) is 0 Å². The molecule has 122 valence electrons. The molecule has 21 heavy (non-hydrogen) atoms. The molecule has 0 aromatic rings. The summed E-state index contributed by atoms with van der Waals surface area (Å²) in [6, 6.07) is 0.0903. The molecule has 0 saturated carbocycles. The molecule has 0 aromatic carbocycles. The van der Waals surface area contributed by atoms with Crippen LogP contribution in [0.4, 0.5) is 4.79 Å². The lowest BCUT2D eigenvalue weighted by atomic mass is 10.1. The number of piperidine rings is 1. The highest BCUT2D eigenvalue weighted by molar-refractivity contribution is 5.78. The second-order valence-corrected chi connectivity index (χ2v) is 6.48. The van der Waals surface area contributed by atoms with Crippen molar-refractivity contribution in [2.75, 3.05) is 26.2 Å². The summed E-state index contributed by atoms with van der Waals surface area (Å²) in [5.41, 5.74) is -0.480. The Balaban J connectivity index is 2.25. The highest BCUT2D eigenvalue weighted by Crippen LogP contribution is 2.12. The molecule has 1 fully saturated rings. The van der Waals surface area contributed by atoms with Crippen molar-refractivity contribution in [2.24, 2.45) is 0 Å². The first-order chi connectivity index (χ1) is 9.81. The Morgan fingerprint density at radius 1 is 1.24 bits per heavy atom. The summed E-state index contributed by atoms with van der Waals surface area (Å²) in [5, 5.41) is 5.99. The van der Waals surface area contributed by atoms with E-state index in [0.29, 0.717) is 19.6 Å². The summed E-state index contributed by atoms with van der Waals surface area (Å²) in [6.45, 7) is 10.2. The SMILES string of the molecule is CCCNCC(=O)N1CCC(NC(=O)OC(C)(C)C)CC1. The van der Waals surface area contributed by atoms with Crippen LogP contribution in [0, 0.1) is 0 Å². The Labute approximate surface area is 127 Å². The smallest absolute Gasteiger partial charge is 0.407 e. The zero-order chi connectivity index (χ0) is 15.9. The summed E-state index contributed by atoms with van der Waals surface area (Å²) >= 11 is 0. The molecule has 6 nitrogen and oxygen atoms in total. The van der Waals surface area contributed by atoms with E-state index in [1.165, 1.54) is 0 Å². The summed E-state index contributed by atoms with van der Waals surface area (Å²) in [7, 11) is 0. The minimum absolute atomic E-state index is 0.0903. The van der Waals surface area contributed by atoms with Gasteiger partial charge in [-0.15, -0.1) is 0 Å². The maximum absolute atomic E-state index is 11.9. The minimum Gasteiger partial charge on any atom is -0.444 e. The van der Waals surface area contributed by atoms with E-state index in [9.17, 15) is 9.59 Å². The number of likely N-dealkylation sites (tertiary alicyclic amines) is 1. The molecule has 6 heteroatoms. The summed E-state index contributed by atoms with van der Waals surface area (Å²) in [4.78, 5) is 25.5. The molecule has 0 atom stereocenters. The van der Waals surface area contributed by atoms with Crippen molar-refractivity contribution in [3.05, 3.63) is 0 Å². The lowest BCUT2D eigenvalue weighted by Gasteiger charge is -2.33. The minimum atomic E-state index is -0.480. The summed E-state index contributed by atoms with van der Waals surface area (Å²) in [5.74, 6) is 0.138. The number of amides is 2. The van der Waals surface area contributed by atoms with Gasteiger partial charge in [0.25, 0.3) is 0 Å². The van der Waals surface area contributed by atoms with Gasteiger partial charge in [0.1, 0.15) is 5.60 Å². The van der Waals surface area contributed by atoms with Crippen LogP contribution in [0.2, 0.25) is 0 Å². The van der Waals surface area contributed by atoms with E-state index >= 15 is 0 Å². The number of carbonyl (C=O) groups excluding carboxylic acids is 2. The van der Waals surface area contributed by atoms with Crippen LogP contribution in [0.3, 0.4) is 0 Å². The van der Waals surface area contributed by atoms with Crippen molar-refractivity contribution in [1.82, 2.24) is 15.5 Å². The van der Waals surface area contributed by atoms with Gasteiger partial charge in [0.05, 0.1) is 6.54 Å². The lowest BCUT2D eigenvalue weighted by Crippen LogP contribution is -2.49. The molecule has 2 amide bonds. The Bertz CT molecular complexity index is 345. The van der Waals surface area contributed by atoms with E-state index in [1.807, 2.05) is 25.7 Å². The first-order valence-electron chi connectivity index (χ1n) is 7.80. The van der Waals surface area contributed by atoms with Gasteiger partial charge in [-0.1, -0.05) is 6.92 Å². The fraction of sp³-hybridized carbons (Fsp3) is 0.867. The standard InChI is InChI=1S/C15H29N3O3/c1-5-8-16-11-13(19)18-9-6-12(7-10-18)17-14(20)21-15(2,3)4/h12,16H,5-11H2,1-4H3,(H,17,20). The maximum Gasteiger partial charge on any atom is 0.407 e. The molecule has 0 spiro atoms. The highest BCUT2D eigenvalue weighted by Gasteiger charge is 2.25. The zero-order valence-corrected chi connectivity index (χ0v) is 13.7. The molecule has 0 aliphatic carbocycles. The molecular weight excluding hydrogens is 270 g/mol. The number of ether oxygens (including phenoxy) is 1. The van der Waals surface area contributed by atoms with E-state index in [0.717, 1.165) is 25.8 Å². The molecule has 0 bridgehead atoms. The lowest BCUT2D eigenvalue weighted by molar-refractivity contribution is -0.131. The third-order valence-electron chi connectivity index (χ3n) is 3.27. The second kappa shape index (κ2) is 8.22. The second-order valence-electron chi connectivity index (χ2n) is 6.48. The first kappa shape index (κ1) is 17.8. The van der Waals surface area contributed by atoms with Crippen LogP contribution in [0.25, 0.3) is 0 Å². The summed E-state index contributed by atoms with van der Waals surface area (Å²) < 4.78 is 5.24. The third kappa shape index (κ3) is 7.32. The monoisotopic (exact) mass is 299 g/mol. The van der Waals surface area contributed by atoms with E-state index < -0.39 is 5.60 Å². The van der Waals surface area contributed by atoms with Gasteiger partial charge in [-0.05, 0) is 46.6 Å². The topological polar surface area (TPSA) is 70.7 Å².